The average Bonchev–Trinajstić information content (AvgIpc) is 2.52. The summed E-state index contributed by atoms with van der Waals surface area (Å²) >= 11 is 0. The summed E-state index contributed by atoms with van der Waals surface area (Å²) < 4.78 is 37.8. The first-order valence-corrected chi connectivity index (χ1v) is 6.46. The molecular weight excluding hydrogens is 313 g/mol. The van der Waals surface area contributed by atoms with Crippen molar-refractivity contribution < 1.29 is 22.9 Å². The number of nitro groups is 1. The first-order chi connectivity index (χ1) is 10.8. The van der Waals surface area contributed by atoms with Crippen molar-refractivity contribution in [2.75, 3.05) is 0 Å². The summed E-state index contributed by atoms with van der Waals surface area (Å²) in [6.45, 7) is -0.120. The van der Waals surface area contributed by atoms with Crippen molar-refractivity contribution in [1.29, 1.82) is 0 Å². The van der Waals surface area contributed by atoms with Gasteiger partial charge in [-0.3, -0.25) is 14.9 Å². The highest BCUT2D eigenvalue weighted by Crippen LogP contribution is 2.29. The summed E-state index contributed by atoms with van der Waals surface area (Å²) in [5.74, 6) is -0.605. The lowest BCUT2D eigenvalue weighted by molar-refractivity contribution is -0.384. The lowest BCUT2D eigenvalue weighted by atomic mass is 10.1. The van der Waals surface area contributed by atoms with Gasteiger partial charge in [-0.05, 0) is 23.8 Å². The molecule has 2 aromatic rings. The predicted molar refractivity (Wildman–Crippen MR) is 75.7 cm³/mol. The molecule has 0 aliphatic rings. The molecule has 2 rings (SSSR count). The van der Waals surface area contributed by atoms with Gasteiger partial charge in [-0.25, -0.2) is 0 Å². The molecule has 0 spiro atoms. The first kappa shape index (κ1) is 16.5. The molecule has 0 saturated heterocycles. The molecule has 0 saturated carbocycles. The Balaban J connectivity index is 2.08. The van der Waals surface area contributed by atoms with E-state index in [1.165, 1.54) is 30.3 Å². The quantitative estimate of drug-likeness (QED) is 0.690. The fourth-order valence-corrected chi connectivity index (χ4v) is 1.90. The molecule has 2 aromatic carbocycles. The van der Waals surface area contributed by atoms with E-state index in [0.717, 1.165) is 18.2 Å². The molecular formula is C15H11F3N2O3. The van der Waals surface area contributed by atoms with Gasteiger partial charge in [-0.2, -0.15) is 13.2 Å². The first-order valence-electron chi connectivity index (χ1n) is 6.46. The van der Waals surface area contributed by atoms with E-state index in [0.29, 0.717) is 0 Å². The Morgan fingerprint density at radius 3 is 2.48 bits per heavy atom. The van der Waals surface area contributed by atoms with E-state index in [4.69, 9.17) is 0 Å². The molecule has 5 nitrogen and oxygen atoms in total. The Morgan fingerprint density at radius 2 is 1.83 bits per heavy atom. The van der Waals surface area contributed by atoms with Gasteiger partial charge in [-0.15, -0.1) is 0 Å². The van der Waals surface area contributed by atoms with Crippen molar-refractivity contribution in [2.24, 2.45) is 0 Å². The standard InChI is InChI=1S/C15H11F3N2O3/c16-15(17,18)12-5-1-3-10(7-12)9-19-14(21)11-4-2-6-13(8-11)20(22)23/h1-8H,9H2,(H,19,21). The van der Waals surface area contributed by atoms with E-state index in [1.54, 1.807) is 0 Å². The minimum absolute atomic E-state index is 0.0613. The molecule has 0 aliphatic carbocycles. The average molecular weight is 324 g/mol. The number of amides is 1. The number of carbonyl (C=O) groups is 1. The number of hydrogen-bond donors (Lipinski definition) is 1. The summed E-state index contributed by atoms with van der Waals surface area (Å²) in [6, 6.07) is 9.65. The molecule has 23 heavy (non-hydrogen) atoms. The lowest BCUT2D eigenvalue weighted by Crippen LogP contribution is -2.23. The Hall–Kier alpha value is -2.90. The number of nitrogens with one attached hydrogen (secondary N) is 1. The minimum atomic E-state index is -4.46. The number of hydrogen-bond acceptors (Lipinski definition) is 3. The van der Waals surface area contributed by atoms with E-state index in [9.17, 15) is 28.1 Å². The number of nitro benzene ring substituents is 1. The van der Waals surface area contributed by atoms with Crippen LogP contribution in [0.4, 0.5) is 18.9 Å². The Kier molecular flexibility index (Phi) is 4.63. The maximum atomic E-state index is 12.6. The normalized spacial score (nSPS) is 11.1. The van der Waals surface area contributed by atoms with Gasteiger partial charge in [0.05, 0.1) is 10.5 Å². The highest BCUT2D eigenvalue weighted by Gasteiger charge is 2.30. The van der Waals surface area contributed by atoms with Crippen molar-refractivity contribution in [3.63, 3.8) is 0 Å². The zero-order chi connectivity index (χ0) is 17.0. The van der Waals surface area contributed by atoms with Gasteiger partial charge in [0.25, 0.3) is 11.6 Å². The van der Waals surface area contributed by atoms with Crippen molar-refractivity contribution in [3.05, 3.63) is 75.3 Å². The van der Waals surface area contributed by atoms with Crippen LogP contribution in [-0.4, -0.2) is 10.8 Å². The molecule has 0 aliphatic heterocycles. The van der Waals surface area contributed by atoms with E-state index >= 15 is 0 Å². The van der Waals surface area contributed by atoms with Gasteiger partial charge in [0.15, 0.2) is 0 Å². The van der Waals surface area contributed by atoms with Gasteiger partial charge in [-0.1, -0.05) is 18.2 Å². The maximum Gasteiger partial charge on any atom is 0.416 e. The SMILES string of the molecule is O=C(NCc1cccc(C(F)(F)F)c1)c1cccc([N+](=O)[O-])c1. The van der Waals surface area contributed by atoms with Crippen LogP contribution in [0.15, 0.2) is 48.5 Å². The second-order valence-corrected chi connectivity index (χ2v) is 4.69. The second-order valence-electron chi connectivity index (χ2n) is 4.69. The summed E-state index contributed by atoms with van der Waals surface area (Å²) in [5, 5.41) is 13.1. The zero-order valence-corrected chi connectivity index (χ0v) is 11.6. The molecule has 0 aromatic heterocycles. The second kappa shape index (κ2) is 6.47. The number of nitrogens with zero attached hydrogens (tertiary/aromatic N) is 1. The predicted octanol–water partition coefficient (Wildman–Crippen LogP) is 3.54. The molecule has 120 valence electrons. The van der Waals surface area contributed by atoms with Crippen molar-refractivity contribution in [3.8, 4) is 0 Å². The number of alkyl halides is 3. The highest BCUT2D eigenvalue weighted by atomic mass is 19.4. The van der Waals surface area contributed by atoms with E-state index in [2.05, 4.69) is 5.32 Å². The van der Waals surface area contributed by atoms with Gasteiger partial charge < -0.3 is 5.32 Å². The molecule has 1 amide bonds. The van der Waals surface area contributed by atoms with E-state index in [-0.39, 0.29) is 23.4 Å². The van der Waals surface area contributed by atoms with Crippen molar-refractivity contribution in [1.82, 2.24) is 5.32 Å². The zero-order valence-electron chi connectivity index (χ0n) is 11.6. The van der Waals surface area contributed by atoms with Crippen molar-refractivity contribution >= 4 is 11.6 Å². The largest absolute Gasteiger partial charge is 0.416 e. The highest BCUT2D eigenvalue weighted by molar-refractivity contribution is 5.94. The van der Waals surface area contributed by atoms with Gasteiger partial charge in [0, 0.05) is 24.2 Å². The topological polar surface area (TPSA) is 72.2 Å². The molecule has 0 fully saturated rings. The van der Waals surface area contributed by atoms with Gasteiger partial charge in [0.1, 0.15) is 0 Å². The molecule has 0 heterocycles. The van der Waals surface area contributed by atoms with Crippen LogP contribution in [0.3, 0.4) is 0 Å². The smallest absolute Gasteiger partial charge is 0.348 e. The molecule has 0 bridgehead atoms. The third-order valence-electron chi connectivity index (χ3n) is 3.03. The Labute approximate surface area is 128 Å². The number of halogens is 3. The van der Waals surface area contributed by atoms with Crippen LogP contribution in [0, 0.1) is 10.1 Å². The molecule has 1 N–H and O–H groups in total. The van der Waals surface area contributed by atoms with Crippen LogP contribution in [0.1, 0.15) is 21.5 Å². The number of benzene rings is 2. The number of non-ortho nitro benzene ring substituents is 1. The Morgan fingerprint density at radius 1 is 1.13 bits per heavy atom. The Bertz CT molecular complexity index is 745. The third kappa shape index (κ3) is 4.29. The van der Waals surface area contributed by atoms with Crippen LogP contribution in [0.5, 0.6) is 0 Å². The van der Waals surface area contributed by atoms with Crippen LogP contribution in [0.2, 0.25) is 0 Å². The minimum Gasteiger partial charge on any atom is -0.348 e. The summed E-state index contributed by atoms with van der Waals surface area (Å²) in [6.07, 6.45) is -4.46. The molecule has 8 heteroatoms. The molecule has 0 unspecified atom stereocenters. The van der Waals surface area contributed by atoms with E-state index < -0.39 is 22.6 Å². The fraction of sp³-hybridized carbons (Fsp3) is 0.133. The van der Waals surface area contributed by atoms with Gasteiger partial charge in [0.2, 0.25) is 0 Å². The van der Waals surface area contributed by atoms with E-state index in [1.807, 2.05) is 0 Å². The van der Waals surface area contributed by atoms with Crippen molar-refractivity contribution in [2.45, 2.75) is 12.7 Å². The summed E-state index contributed by atoms with van der Waals surface area (Å²) in [4.78, 5) is 21.9. The lowest BCUT2D eigenvalue weighted by Gasteiger charge is -2.09. The van der Waals surface area contributed by atoms with Crippen LogP contribution >= 0.6 is 0 Å². The molecule has 0 atom stereocenters. The van der Waals surface area contributed by atoms with Crippen LogP contribution in [-0.2, 0) is 12.7 Å². The summed E-state index contributed by atoms with van der Waals surface area (Å²) in [7, 11) is 0. The molecule has 0 radical (unpaired) electrons. The summed E-state index contributed by atoms with van der Waals surface area (Å²) in [5.41, 5.74) is -0.707. The number of carbonyl (C=O) groups excluding carboxylic acids is 1. The monoisotopic (exact) mass is 324 g/mol. The number of rotatable bonds is 4. The fourth-order valence-electron chi connectivity index (χ4n) is 1.90. The van der Waals surface area contributed by atoms with Gasteiger partial charge >= 0.3 is 6.18 Å². The maximum absolute atomic E-state index is 12.6. The third-order valence-corrected chi connectivity index (χ3v) is 3.03. The van der Waals surface area contributed by atoms with Crippen LogP contribution in [0.25, 0.3) is 0 Å². The van der Waals surface area contributed by atoms with Crippen LogP contribution < -0.4 is 5.32 Å².